The third kappa shape index (κ3) is 2.87. The Bertz CT molecular complexity index is 980. The zero-order valence-corrected chi connectivity index (χ0v) is 12.7. The van der Waals surface area contributed by atoms with Crippen LogP contribution < -0.4 is 10.9 Å². The lowest BCUT2D eigenvalue weighted by Gasteiger charge is -2.07. The van der Waals surface area contributed by atoms with E-state index in [1.165, 1.54) is 36.0 Å². The quantitative estimate of drug-likeness (QED) is 0.741. The fraction of sp³-hybridized carbons (Fsp3) is 0.0588. The van der Waals surface area contributed by atoms with Crippen LogP contribution in [-0.4, -0.2) is 28.4 Å². The maximum Gasteiger partial charge on any atom is 0.339 e. The number of hydrogen-bond acceptors (Lipinski definition) is 5. The summed E-state index contributed by atoms with van der Waals surface area (Å²) in [5, 5.41) is 2.53. The molecule has 0 aliphatic rings. The van der Waals surface area contributed by atoms with Crippen molar-refractivity contribution in [2.75, 3.05) is 12.4 Å². The van der Waals surface area contributed by atoms with Crippen molar-refractivity contribution >= 4 is 23.2 Å². The van der Waals surface area contributed by atoms with E-state index in [9.17, 15) is 14.4 Å². The molecule has 0 aliphatic carbocycles. The molecule has 7 heteroatoms. The van der Waals surface area contributed by atoms with Gasteiger partial charge in [0, 0.05) is 11.8 Å². The molecule has 7 nitrogen and oxygen atoms in total. The second kappa shape index (κ2) is 6.33. The molecule has 1 aromatic carbocycles. The summed E-state index contributed by atoms with van der Waals surface area (Å²) in [7, 11) is 1.25. The third-order valence-corrected chi connectivity index (χ3v) is 3.41. The number of ether oxygens (including phenoxy) is 1. The second-order valence-electron chi connectivity index (χ2n) is 4.93. The van der Waals surface area contributed by atoms with Crippen molar-refractivity contribution in [3.8, 4) is 0 Å². The van der Waals surface area contributed by atoms with Crippen molar-refractivity contribution in [1.29, 1.82) is 0 Å². The molecule has 1 N–H and O–H groups in total. The Labute approximate surface area is 136 Å². The van der Waals surface area contributed by atoms with Gasteiger partial charge in [0.15, 0.2) is 0 Å². The zero-order valence-electron chi connectivity index (χ0n) is 12.7. The van der Waals surface area contributed by atoms with E-state index in [1.54, 1.807) is 30.3 Å². The fourth-order valence-corrected chi connectivity index (χ4v) is 2.18. The third-order valence-electron chi connectivity index (χ3n) is 3.41. The van der Waals surface area contributed by atoms with Gasteiger partial charge in [0.1, 0.15) is 11.3 Å². The first-order valence-electron chi connectivity index (χ1n) is 7.06. The minimum absolute atomic E-state index is 0.0170. The topological polar surface area (TPSA) is 89.8 Å². The molecular formula is C17H13N3O4. The van der Waals surface area contributed by atoms with Crippen LogP contribution in [0.2, 0.25) is 0 Å². The predicted molar refractivity (Wildman–Crippen MR) is 87.2 cm³/mol. The molecule has 0 radical (unpaired) electrons. The molecule has 24 heavy (non-hydrogen) atoms. The predicted octanol–water partition coefficient (Wildman–Crippen LogP) is 1.73. The summed E-state index contributed by atoms with van der Waals surface area (Å²) in [6, 6.07) is 11.5. The van der Waals surface area contributed by atoms with Crippen LogP contribution in [0.1, 0.15) is 20.7 Å². The maximum absolute atomic E-state index is 12.5. The number of pyridine rings is 1. The largest absolute Gasteiger partial charge is 0.465 e. The molecule has 2 aromatic heterocycles. The lowest BCUT2D eigenvalue weighted by molar-refractivity contribution is 0.0600. The number of rotatable bonds is 3. The van der Waals surface area contributed by atoms with Gasteiger partial charge < -0.3 is 10.1 Å². The Kier molecular flexibility index (Phi) is 4.07. The van der Waals surface area contributed by atoms with Crippen LogP contribution in [0.15, 0.2) is 59.7 Å². The Morgan fingerprint density at radius 1 is 1.08 bits per heavy atom. The van der Waals surface area contributed by atoms with Crippen LogP contribution in [0.4, 0.5) is 5.69 Å². The summed E-state index contributed by atoms with van der Waals surface area (Å²) in [5.41, 5.74) is 0.509. The minimum Gasteiger partial charge on any atom is -0.465 e. The van der Waals surface area contributed by atoms with E-state index in [0.29, 0.717) is 11.2 Å². The number of esters is 1. The normalized spacial score (nSPS) is 10.4. The van der Waals surface area contributed by atoms with Gasteiger partial charge in [-0.1, -0.05) is 18.2 Å². The van der Waals surface area contributed by atoms with Crippen molar-refractivity contribution in [3.63, 3.8) is 0 Å². The number of anilines is 1. The molecule has 0 saturated heterocycles. The molecule has 0 spiro atoms. The van der Waals surface area contributed by atoms with Gasteiger partial charge in [0.05, 0.1) is 18.9 Å². The average molecular weight is 323 g/mol. The maximum atomic E-state index is 12.5. The zero-order chi connectivity index (χ0) is 17.1. The highest BCUT2D eigenvalue weighted by Crippen LogP contribution is 2.08. The molecule has 3 aromatic rings. The van der Waals surface area contributed by atoms with Gasteiger partial charge in [-0.2, -0.15) is 0 Å². The van der Waals surface area contributed by atoms with E-state index in [2.05, 4.69) is 15.0 Å². The number of methoxy groups -OCH3 is 1. The Balaban J connectivity index is 2.00. The summed E-state index contributed by atoms with van der Waals surface area (Å²) >= 11 is 0. The second-order valence-corrected chi connectivity index (χ2v) is 4.93. The van der Waals surface area contributed by atoms with Crippen molar-refractivity contribution < 1.29 is 14.3 Å². The van der Waals surface area contributed by atoms with Crippen LogP contribution >= 0.6 is 0 Å². The van der Waals surface area contributed by atoms with Gasteiger partial charge in [-0.3, -0.25) is 14.0 Å². The molecule has 2 heterocycles. The smallest absolute Gasteiger partial charge is 0.339 e. The van der Waals surface area contributed by atoms with Gasteiger partial charge in [-0.15, -0.1) is 0 Å². The van der Waals surface area contributed by atoms with Crippen molar-refractivity contribution in [1.82, 2.24) is 9.38 Å². The van der Waals surface area contributed by atoms with Crippen molar-refractivity contribution in [2.24, 2.45) is 0 Å². The van der Waals surface area contributed by atoms with Gasteiger partial charge in [-0.25, -0.2) is 9.78 Å². The number of nitrogens with zero attached hydrogens (tertiary/aromatic N) is 2. The number of amides is 1. The molecule has 0 bridgehead atoms. The summed E-state index contributed by atoms with van der Waals surface area (Å²) in [6.45, 7) is 0. The van der Waals surface area contributed by atoms with E-state index in [1.807, 2.05) is 0 Å². The molecule has 0 saturated carbocycles. The molecule has 120 valence electrons. The SMILES string of the molecule is COC(=O)c1ccc2ncc(NC(=O)c3ccccc3)c(=O)n2c1. The average Bonchev–Trinajstić information content (AvgIpc) is 2.63. The monoisotopic (exact) mass is 323 g/mol. The Morgan fingerprint density at radius 2 is 1.83 bits per heavy atom. The number of nitrogens with one attached hydrogen (secondary N) is 1. The van der Waals surface area contributed by atoms with Crippen LogP contribution in [-0.2, 0) is 4.74 Å². The molecule has 0 fully saturated rings. The number of benzene rings is 1. The molecule has 0 unspecified atom stereocenters. The highest BCUT2D eigenvalue weighted by Gasteiger charge is 2.12. The minimum atomic E-state index is -0.567. The highest BCUT2D eigenvalue weighted by molar-refractivity contribution is 6.04. The number of fused-ring (bicyclic) bond motifs is 1. The molecule has 0 aliphatic heterocycles. The number of aromatic nitrogens is 2. The Hall–Kier alpha value is -3.48. The van der Waals surface area contributed by atoms with E-state index < -0.39 is 17.4 Å². The van der Waals surface area contributed by atoms with E-state index in [0.717, 1.165) is 0 Å². The van der Waals surface area contributed by atoms with Crippen molar-refractivity contribution in [3.05, 3.63) is 76.3 Å². The van der Waals surface area contributed by atoms with Crippen LogP contribution in [0.25, 0.3) is 5.65 Å². The molecule has 1 amide bonds. The van der Waals surface area contributed by atoms with Crippen LogP contribution in [0.5, 0.6) is 0 Å². The highest BCUT2D eigenvalue weighted by atomic mass is 16.5. The number of carbonyl (C=O) groups is 2. The van der Waals surface area contributed by atoms with Gasteiger partial charge in [-0.05, 0) is 24.3 Å². The molecule has 0 atom stereocenters. The van der Waals surface area contributed by atoms with Gasteiger partial charge in [0.25, 0.3) is 11.5 Å². The first kappa shape index (κ1) is 15.4. The first-order valence-corrected chi connectivity index (χ1v) is 7.06. The first-order chi connectivity index (χ1) is 11.6. The summed E-state index contributed by atoms with van der Waals surface area (Å²) in [5.74, 6) is -0.985. The number of carbonyl (C=O) groups excluding carboxylic acids is 2. The van der Waals surface area contributed by atoms with Crippen LogP contribution in [0, 0.1) is 0 Å². The van der Waals surface area contributed by atoms with Gasteiger partial charge in [0.2, 0.25) is 0 Å². The summed E-state index contributed by atoms with van der Waals surface area (Å²) in [6.07, 6.45) is 2.62. The van der Waals surface area contributed by atoms with E-state index in [-0.39, 0.29) is 11.3 Å². The Morgan fingerprint density at radius 3 is 2.54 bits per heavy atom. The summed E-state index contributed by atoms with van der Waals surface area (Å²) in [4.78, 5) is 40.4. The van der Waals surface area contributed by atoms with Crippen LogP contribution in [0.3, 0.4) is 0 Å². The summed E-state index contributed by atoms with van der Waals surface area (Å²) < 4.78 is 5.82. The molecule has 3 rings (SSSR count). The fourth-order valence-electron chi connectivity index (χ4n) is 2.18. The lowest BCUT2D eigenvalue weighted by atomic mass is 10.2. The lowest BCUT2D eigenvalue weighted by Crippen LogP contribution is -2.23. The van der Waals surface area contributed by atoms with Gasteiger partial charge >= 0.3 is 5.97 Å². The number of hydrogen-bond donors (Lipinski definition) is 1. The molecular weight excluding hydrogens is 310 g/mol. The van der Waals surface area contributed by atoms with E-state index >= 15 is 0 Å². The van der Waals surface area contributed by atoms with E-state index in [4.69, 9.17) is 0 Å². The van der Waals surface area contributed by atoms with Crippen molar-refractivity contribution in [2.45, 2.75) is 0 Å². The standard InChI is InChI=1S/C17H13N3O4/c1-24-17(23)12-7-8-14-18-9-13(16(22)20(14)10-12)19-15(21)11-5-3-2-4-6-11/h2-10H,1H3,(H,19,21).